The fraction of sp³-hybridized carbons (Fsp3) is 0.261. The maximum absolute atomic E-state index is 14.1. The number of nitrogens with zero attached hydrogens (tertiary/aromatic N) is 2. The van der Waals surface area contributed by atoms with Gasteiger partial charge in [0.15, 0.2) is 0 Å². The van der Waals surface area contributed by atoms with Gasteiger partial charge in [-0.3, -0.25) is 4.79 Å². The predicted octanol–water partition coefficient (Wildman–Crippen LogP) is 4.36. The minimum Gasteiger partial charge on any atom is -0.348 e. The van der Waals surface area contributed by atoms with Crippen LogP contribution in [0.2, 0.25) is 0 Å². The van der Waals surface area contributed by atoms with Crippen molar-refractivity contribution in [3.8, 4) is 0 Å². The minimum absolute atomic E-state index is 0.00355. The van der Waals surface area contributed by atoms with Crippen molar-refractivity contribution in [1.29, 1.82) is 0 Å². The Morgan fingerprint density at radius 3 is 2.52 bits per heavy atom. The number of carbonyl (C=O) groups is 1. The lowest BCUT2D eigenvalue weighted by molar-refractivity contribution is -0.135. The third-order valence-corrected chi connectivity index (χ3v) is 5.85. The number of aromatic nitrogens is 1. The molecule has 3 unspecified atom stereocenters. The third kappa shape index (κ3) is 2.76. The lowest BCUT2D eigenvalue weighted by atomic mass is 9.99. The van der Waals surface area contributed by atoms with Crippen LogP contribution in [0.25, 0.3) is 0 Å². The van der Waals surface area contributed by atoms with Gasteiger partial charge in [-0.25, -0.2) is 4.39 Å². The molecular formula is C23H21FN2O. The first-order valence-corrected chi connectivity index (χ1v) is 9.49. The number of fused-ring (bicyclic) bond motifs is 1. The van der Waals surface area contributed by atoms with Crippen molar-refractivity contribution >= 4 is 5.91 Å². The number of hydrogen-bond donors (Lipinski definition) is 0. The monoisotopic (exact) mass is 360 g/mol. The summed E-state index contributed by atoms with van der Waals surface area (Å²) >= 11 is 0. The van der Waals surface area contributed by atoms with Crippen LogP contribution >= 0.6 is 0 Å². The van der Waals surface area contributed by atoms with Gasteiger partial charge in [0.1, 0.15) is 5.82 Å². The summed E-state index contributed by atoms with van der Waals surface area (Å²) < 4.78 is 16.4. The molecule has 27 heavy (non-hydrogen) atoms. The second-order valence-corrected chi connectivity index (χ2v) is 7.44. The van der Waals surface area contributed by atoms with Gasteiger partial charge in [-0.05, 0) is 41.7 Å². The van der Waals surface area contributed by atoms with Crippen molar-refractivity contribution < 1.29 is 9.18 Å². The van der Waals surface area contributed by atoms with Gasteiger partial charge in [0.2, 0.25) is 5.91 Å². The molecule has 0 radical (unpaired) electrons. The van der Waals surface area contributed by atoms with Gasteiger partial charge in [0, 0.05) is 30.9 Å². The third-order valence-electron chi connectivity index (χ3n) is 5.85. The smallest absolute Gasteiger partial charge is 0.227 e. The number of amides is 1. The maximum Gasteiger partial charge on any atom is 0.227 e. The SMILES string of the molecule is O=C(C1CC1c1ccccc1F)N1CCn2cccc2C1c1ccccc1. The largest absolute Gasteiger partial charge is 0.348 e. The zero-order chi connectivity index (χ0) is 18.4. The molecule has 0 spiro atoms. The van der Waals surface area contributed by atoms with Crippen LogP contribution in [-0.2, 0) is 11.3 Å². The molecule has 3 aromatic rings. The highest BCUT2D eigenvalue weighted by molar-refractivity contribution is 5.84. The number of carbonyl (C=O) groups excluding carboxylic acids is 1. The van der Waals surface area contributed by atoms with Crippen LogP contribution in [-0.4, -0.2) is 21.9 Å². The Kier molecular flexibility index (Phi) is 3.85. The van der Waals surface area contributed by atoms with E-state index < -0.39 is 0 Å². The first kappa shape index (κ1) is 16.3. The first-order valence-electron chi connectivity index (χ1n) is 9.49. The number of benzene rings is 2. The summed E-state index contributed by atoms with van der Waals surface area (Å²) in [4.78, 5) is 15.4. The van der Waals surface area contributed by atoms with E-state index in [0.29, 0.717) is 12.1 Å². The fourth-order valence-electron chi connectivity index (χ4n) is 4.41. The van der Waals surface area contributed by atoms with Crippen molar-refractivity contribution in [2.24, 2.45) is 5.92 Å². The lowest BCUT2D eigenvalue weighted by Gasteiger charge is -2.37. The van der Waals surface area contributed by atoms with Crippen LogP contribution in [0.1, 0.15) is 35.2 Å². The van der Waals surface area contributed by atoms with Crippen LogP contribution in [0, 0.1) is 11.7 Å². The summed E-state index contributed by atoms with van der Waals surface area (Å²) in [6.45, 7) is 1.48. The molecule has 1 fully saturated rings. The molecule has 1 saturated carbocycles. The van der Waals surface area contributed by atoms with E-state index in [1.54, 1.807) is 6.07 Å². The number of hydrogen-bond acceptors (Lipinski definition) is 1. The highest BCUT2D eigenvalue weighted by Crippen LogP contribution is 2.50. The van der Waals surface area contributed by atoms with Crippen molar-refractivity contribution in [1.82, 2.24) is 9.47 Å². The second-order valence-electron chi connectivity index (χ2n) is 7.44. The molecule has 1 aliphatic heterocycles. The molecule has 2 aliphatic rings. The van der Waals surface area contributed by atoms with Crippen LogP contribution in [0.4, 0.5) is 4.39 Å². The zero-order valence-corrected chi connectivity index (χ0v) is 15.0. The first-order chi connectivity index (χ1) is 13.2. The number of halogens is 1. The van der Waals surface area contributed by atoms with Crippen LogP contribution in [0.5, 0.6) is 0 Å². The summed E-state index contributed by atoms with van der Waals surface area (Å²) in [5.41, 5.74) is 2.94. The molecule has 5 rings (SSSR count). The Hall–Kier alpha value is -2.88. The molecule has 136 valence electrons. The fourth-order valence-corrected chi connectivity index (χ4v) is 4.41. The highest BCUT2D eigenvalue weighted by Gasteiger charge is 2.48. The molecule has 2 heterocycles. The topological polar surface area (TPSA) is 25.2 Å². The van der Waals surface area contributed by atoms with E-state index in [2.05, 4.69) is 29.0 Å². The highest BCUT2D eigenvalue weighted by atomic mass is 19.1. The van der Waals surface area contributed by atoms with E-state index in [-0.39, 0.29) is 29.6 Å². The lowest BCUT2D eigenvalue weighted by Crippen LogP contribution is -2.43. The molecule has 0 saturated heterocycles. The van der Waals surface area contributed by atoms with Gasteiger partial charge < -0.3 is 9.47 Å². The van der Waals surface area contributed by atoms with Gasteiger partial charge in [-0.1, -0.05) is 48.5 Å². The van der Waals surface area contributed by atoms with Crippen molar-refractivity contribution in [3.05, 3.63) is 95.6 Å². The van der Waals surface area contributed by atoms with E-state index >= 15 is 0 Å². The summed E-state index contributed by atoms with van der Waals surface area (Å²) in [5.74, 6) is -0.173. The second kappa shape index (κ2) is 6.38. The van der Waals surface area contributed by atoms with Gasteiger partial charge in [0.25, 0.3) is 0 Å². The number of rotatable bonds is 3. The van der Waals surface area contributed by atoms with E-state index in [9.17, 15) is 9.18 Å². The summed E-state index contributed by atoms with van der Waals surface area (Å²) in [6.07, 6.45) is 2.81. The standard InChI is InChI=1S/C23H21FN2O/c24-20-10-5-4-9-17(20)18-15-19(18)23(27)26-14-13-25-12-6-11-21(25)22(26)16-7-2-1-3-8-16/h1-12,18-19,22H,13-15H2. The van der Waals surface area contributed by atoms with Crippen LogP contribution in [0.3, 0.4) is 0 Å². The summed E-state index contributed by atoms with van der Waals surface area (Å²) in [6, 6.07) is 21.1. The molecule has 1 aliphatic carbocycles. The van der Waals surface area contributed by atoms with Crippen molar-refractivity contribution in [3.63, 3.8) is 0 Å². The molecule has 4 heteroatoms. The van der Waals surface area contributed by atoms with Gasteiger partial charge >= 0.3 is 0 Å². The summed E-state index contributed by atoms with van der Waals surface area (Å²) in [5, 5.41) is 0. The van der Waals surface area contributed by atoms with Gasteiger partial charge in [-0.2, -0.15) is 0 Å². The van der Waals surface area contributed by atoms with E-state index in [4.69, 9.17) is 0 Å². The Labute approximate surface area is 158 Å². The Morgan fingerprint density at radius 2 is 1.70 bits per heavy atom. The van der Waals surface area contributed by atoms with Crippen molar-refractivity contribution in [2.75, 3.05) is 6.54 Å². The minimum atomic E-state index is -0.204. The van der Waals surface area contributed by atoms with E-state index in [0.717, 1.165) is 24.2 Å². The molecular weight excluding hydrogens is 339 g/mol. The Bertz CT molecular complexity index is 981. The molecule has 3 atom stereocenters. The average molecular weight is 360 g/mol. The molecule has 1 aromatic heterocycles. The molecule has 1 amide bonds. The van der Waals surface area contributed by atoms with Crippen molar-refractivity contribution in [2.45, 2.75) is 24.9 Å². The molecule has 3 nitrogen and oxygen atoms in total. The van der Waals surface area contributed by atoms with Crippen LogP contribution in [0.15, 0.2) is 72.9 Å². The predicted molar refractivity (Wildman–Crippen MR) is 102 cm³/mol. The van der Waals surface area contributed by atoms with E-state index in [1.807, 2.05) is 41.3 Å². The van der Waals surface area contributed by atoms with Gasteiger partial charge in [0.05, 0.1) is 6.04 Å². The normalized spacial score (nSPS) is 23.7. The molecule has 0 bridgehead atoms. The van der Waals surface area contributed by atoms with E-state index in [1.165, 1.54) is 6.07 Å². The molecule has 2 aromatic carbocycles. The van der Waals surface area contributed by atoms with Gasteiger partial charge in [-0.15, -0.1) is 0 Å². The zero-order valence-electron chi connectivity index (χ0n) is 15.0. The molecule has 0 N–H and O–H groups in total. The Balaban J connectivity index is 1.46. The van der Waals surface area contributed by atoms with Crippen LogP contribution < -0.4 is 0 Å². The Morgan fingerprint density at radius 1 is 0.926 bits per heavy atom. The quantitative estimate of drug-likeness (QED) is 0.681. The maximum atomic E-state index is 14.1. The average Bonchev–Trinajstić information content (AvgIpc) is 3.35. The summed E-state index contributed by atoms with van der Waals surface area (Å²) in [7, 11) is 0.